The first-order valence-electron chi connectivity index (χ1n) is 9.22. The fraction of sp³-hybridized carbons (Fsp3) is 0.300. The summed E-state index contributed by atoms with van der Waals surface area (Å²) < 4.78 is 64.1. The van der Waals surface area contributed by atoms with Crippen LogP contribution in [0.1, 0.15) is 11.1 Å². The molecule has 0 radical (unpaired) electrons. The molecule has 164 valence electrons. The molecule has 0 unspecified atom stereocenters. The van der Waals surface area contributed by atoms with E-state index in [2.05, 4.69) is 4.99 Å². The average molecular weight is 489 g/mol. The molecule has 2 aliphatic heterocycles. The molecule has 2 heterocycles. The van der Waals surface area contributed by atoms with Crippen LogP contribution in [0.25, 0.3) is 0 Å². The largest absolute Gasteiger partial charge is 0.416 e. The second-order valence-electron chi connectivity index (χ2n) is 7.28. The van der Waals surface area contributed by atoms with Gasteiger partial charge in [-0.05, 0) is 23.8 Å². The maximum absolute atomic E-state index is 13.3. The average Bonchev–Trinajstić information content (AvgIpc) is 3.13. The zero-order chi connectivity index (χ0) is 22.4. The third-order valence-corrected chi connectivity index (χ3v) is 8.55. The summed E-state index contributed by atoms with van der Waals surface area (Å²) in [5, 5.41) is -0.271. The van der Waals surface area contributed by atoms with Crippen LogP contribution in [-0.4, -0.2) is 42.3 Å². The van der Waals surface area contributed by atoms with E-state index in [0.29, 0.717) is 0 Å². The molecule has 2 saturated heterocycles. The molecule has 2 fully saturated rings. The van der Waals surface area contributed by atoms with Crippen LogP contribution in [0.15, 0.2) is 53.5 Å². The van der Waals surface area contributed by atoms with E-state index in [9.17, 15) is 26.4 Å². The lowest BCUT2D eigenvalue weighted by Crippen LogP contribution is -2.38. The molecular weight excluding hydrogens is 473 g/mol. The molecule has 5 nitrogen and oxygen atoms in total. The highest BCUT2D eigenvalue weighted by atomic mass is 35.5. The molecule has 2 aliphatic rings. The summed E-state index contributed by atoms with van der Waals surface area (Å²) in [5.74, 6) is -0.866. The highest BCUT2D eigenvalue weighted by molar-refractivity contribution is 8.16. The van der Waals surface area contributed by atoms with E-state index in [-0.39, 0.29) is 33.8 Å². The van der Waals surface area contributed by atoms with Crippen molar-refractivity contribution in [3.8, 4) is 0 Å². The highest BCUT2D eigenvalue weighted by Gasteiger charge is 2.50. The van der Waals surface area contributed by atoms with Gasteiger partial charge in [0.05, 0.1) is 40.2 Å². The third-order valence-electron chi connectivity index (χ3n) is 5.02. The summed E-state index contributed by atoms with van der Waals surface area (Å²) in [6, 6.07) is 11.1. The standard InChI is InChI=1S/C20H16ClF3N2O3S2/c21-14-7-6-13(20(22,23)24)9-15(14)26-16-10-31(28,29)11-17(16)30-19(26)25-18(27)8-12-4-2-1-3-5-12/h1-7,9,16-17H,8,10-11H2/t16-,17-/m0/s1. The molecule has 11 heteroatoms. The first-order chi connectivity index (χ1) is 14.5. The van der Waals surface area contributed by atoms with Crippen molar-refractivity contribution in [2.75, 3.05) is 16.4 Å². The number of carbonyl (C=O) groups is 1. The molecule has 0 aliphatic carbocycles. The normalized spacial score (nSPS) is 23.9. The van der Waals surface area contributed by atoms with Crippen LogP contribution in [0.4, 0.5) is 18.9 Å². The molecule has 0 saturated carbocycles. The topological polar surface area (TPSA) is 66.8 Å². The maximum atomic E-state index is 13.3. The van der Waals surface area contributed by atoms with Crippen molar-refractivity contribution in [2.24, 2.45) is 4.99 Å². The van der Waals surface area contributed by atoms with Crippen LogP contribution < -0.4 is 4.90 Å². The number of nitrogens with zero attached hydrogens (tertiary/aromatic N) is 2. The summed E-state index contributed by atoms with van der Waals surface area (Å²) in [6.45, 7) is 0. The Hall–Kier alpha value is -2.04. The molecule has 0 aromatic heterocycles. The Bertz CT molecular complexity index is 1150. The van der Waals surface area contributed by atoms with Gasteiger partial charge in [-0.2, -0.15) is 18.2 Å². The van der Waals surface area contributed by atoms with Gasteiger partial charge in [-0.3, -0.25) is 4.79 Å². The number of benzene rings is 2. The van der Waals surface area contributed by atoms with Gasteiger partial charge in [-0.15, -0.1) is 0 Å². The number of hydrogen-bond donors (Lipinski definition) is 0. The maximum Gasteiger partial charge on any atom is 0.416 e. The summed E-state index contributed by atoms with van der Waals surface area (Å²) in [7, 11) is -3.37. The SMILES string of the molecule is O=C(Cc1ccccc1)N=C1S[C@H]2CS(=O)(=O)C[C@@H]2N1c1cc(C(F)(F)F)ccc1Cl. The predicted octanol–water partition coefficient (Wildman–Crippen LogP) is 4.20. The van der Waals surface area contributed by atoms with E-state index in [1.165, 1.54) is 4.90 Å². The molecular formula is C20H16ClF3N2O3S2. The fourth-order valence-electron chi connectivity index (χ4n) is 3.64. The zero-order valence-electron chi connectivity index (χ0n) is 15.8. The number of halogens is 4. The summed E-state index contributed by atoms with van der Waals surface area (Å²) in [4.78, 5) is 18.0. The Morgan fingerprint density at radius 3 is 2.55 bits per heavy atom. The number of carbonyl (C=O) groups excluding carboxylic acids is 1. The first kappa shape index (κ1) is 22.2. The van der Waals surface area contributed by atoms with Crippen molar-refractivity contribution < 1.29 is 26.4 Å². The molecule has 31 heavy (non-hydrogen) atoms. The highest BCUT2D eigenvalue weighted by Crippen LogP contribution is 2.44. The number of alkyl halides is 3. The van der Waals surface area contributed by atoms with Gasteiger partial charge in [-0.25, -0.2) is 8.42 Å². The summed E-state index contributed by atoms with van der Waals surface area (Å²) in [5.41, 5.74) is -0.192. The minimum Gasteiger partial charge on any atom is -0.314 e. The molecule has 0 bridgehead atoms. The summed E-state index contributed by atoms with van der Waals surface area (Å²) in [6.07, 6.45) is -4.59. The van der Waals surface area contributed by atoms with Crippen LogP contribution in [0.2, 0.25) is 5.02 Å². The van der Waals surface area contributed by atoms with Gasteiger partial charge >= 0.3 is 6.18 Å². The lowest BCUT2D eigenvalue weighted by molar-refractivity contribution is -0.137. The van der Waals surface area contributed by atoms with Gasteiger partial charge in [0.1, 0.15) is 0 Å². The van der Waals surface area contributed by atoms with Crippen LogP contribution in [-0.2, 0) is 27.2 Å². The number of sulfone groups is 1. The smallest absolute Gasteiger partial charge is 0.314 e. The van der Waals surface area contributed by atoms with E-state index in [1.54, 1.807) is 24.3 Å². The van der Waals surface area contributed by atoms with Crippen molar-refractivity contribution >= 4 is 50.0 Å². The van der Waals surface area contributed by atoms with Crippen molar-refractivity contribution in [3.63, 3.8) is 0 Å². The molecule has 0 spiro atoms. The van der Waals surface area contributed by atoms with Gasteiger partial charge < -0.3 is 4.90 Å². The fourth-order valence-corrected chi connectivity index (χ4v) is 7.77. The van der Waals surface area contributed by atoms with Crippen LogP contribution >= 0.6 is 23.4 Å². The van der Waals surface area contributed by atoms with Crippen LogP contribution in [0.3, 0.4) is 0 Å². The Labute approximate surface area is 186 Å². The van der Waals surface area contributed by atoms with Gasteiger partial charge in [0.2, 0.25) is 0 Å². The van der Waals surface area contributed by atoms with Crippen LogP contribution in [0.5, 0.6) is 0 Å². The number of amidine groups is 1. The van der Waals surface area contributed by atoms with Crippen molar-refractivity contribution in [3.05, 3.63) is 64.7 Å². The minimum absolute atomic E-state index is 0.0140. The lowest BCUT2D eigenvalue weighted by atomic mass is 10.1. The van der Waals surface area contributed by atoms with E-state index in [1.807, 2.05) is 6.07 Å². The molecule has 2 aromatic carbocycles. The second kappa shape index (κ2) is 8.14. The van der Waals surface area contributed by atoms with E-state index >= 15 is 0 Å². The second-order valence-corrected chi connectivity index (χ2v) is 11.1. The van der Waals surface area contributed by atoms with Crippen molar-refractivity contribution in [2.45, 2.75) is 23.9 Å². The number of fused-ring (bicyclic) bond motifs is 1. The molecule has 0 N–H and O–H groups in total. The Kier molecular flexibility index (Phi) is 5.82. The monoisotopic (exact) mass is 488 g/mol. The Morgan fingerprint density at radius 1 is 1.16 bits per heavy atom. The van der Waals surface area contributed by atoms with Gasteiger partial charge in [-0.1, -0.05) is 53.7 Å². The van der Waals surface area contributed by atoms with Crippen LogP contribution in [0, 0.1) is 0 Å². The molecule has 2 atom stereocenters. The number of rotatable bonds is 3. The number of aliphatic imine (C=N–C) groups is 1. The van der Waals surface area contributed by atoms with Gasteiger partial charge in [0, 0.05) is 5.25 Å². The van der Waals surface area contributed by atoms with Gasteiger partial charge in [0.15, 0.2) is 15.0 Å². The third kappa shape index (κ3) is 4.75. The Balaban J connectivity index is 1.73. The van der Waals surface area contributed by atoms with E-state index in [4.69, 9.17) is 11.6 Å². The molecule has 1 amide bonds. The number of hydrogen-bond acceptors (Lipinski definition) is 4. The summed E-state index contributed by atoms with van der Waals surface area (Å²) >= 11 is 7.30. The first-order valence-corrected chi connectivity index (χ1v) is 12.3. The number of thioether (sulfide) groups is 1. The lowest BCUT2D eigenvalue weighted by Gasteiger charge is -2.26. The minimum atomic E-state index is -4.60. The number of anilines is 1. The Morgan fingerprint density at radius 2 is 1.87 bits per heavy atom. The molecule has 4 rings (SSSR count). The van der Waals surface area contributed by atoms with Crippen molar-refractivity contribution in [1.29, 1.82) is 0 Å². The number of amides is 1. The molecule has 2 aromatic rings. The van der Waals surface area contributed by atoms with Crippen molar-refractivity contribution in [1.82, 2.24) is 0 Å². The quantitative estimate of drug-likeness (QED) is 0.647. The zero-order valence-corrected chi connectivity index (χ0v) is 18.2. The predicted molar refractivity (Wildman–Crippen MR) is 115 cm³/mol. The van der Waals surface area contributed by atoms with E-state index in [0.717, 1.165) is 35.5 Å². The van der Waals surface area contributed by atoms with Gasteiger partial charge in [0.25, 0.3) is 5.91 Å². The van der Waals surface area contributed by atoms with E-state index < -0.39 is 38.8 Å².